The Hall–Kier alpha value is -0.940. The summed E-state index contributed by atoms with van der Waals surface area (Å²) in [6.45, 7) is 10.7. The van der Waals surface area contributed by atoms with Crippen LogP contribution in [0.1, 0.15) is 58.8 Å². The standard InChI is InChI=1S/C18H35N3O2/c1-3-5-6-7-10-19-18(23)9-12-21-15-13-20(14-16-21)11-8-17(22)4-2/h3-16H2,1-2H3,(H,19,23). The maximum atomic E-state index is 11.8. The van der Waals surface area contributed by atoms with Crippen molar-refractivity contribution in [2.75, 3.05) is 45.8 Å². The molecule has 0 unspecified atom stereocenters. The number of amides is 1. The maximum absolute atomic E-state index is 11.8. The topological polar surface area (TPSA) is 52.7 Å². The number of nitrogens with zero attached hydrogens (tertiary/aromatic N) is 2. The third-order valence-electron chi connectivity index (χ3n) is 4.57. The molecule has 0 saturated carbocycles. The summed E-state index contributed by atoms with van der Waals surface area (Å²) in [5, 5.41) is 3.02. The van der Waals surface area contributed by atoms with E-state index in [1.54, 1.807) is 0 Å². The highest BCUT2D eigenvalue weighted by atomic mass is 16.1. The van der Waals surface area contributed by atoms with Crippen LogP contribution in [0.4, 0.5) is 0 Å². The number of rotatable bonds is 12. The molecule has 0 aromatic rings. The van der Waals surface area contributed by atoms with E-state index in [0.29, 0.717) is 25.0 Å². The largest absolute Gasteiger partial charge is 0.356 e. The van der Waals surface area contributed by atoms with Gasteiger partial charge in [0.1, 0.15) is 5.78 Å². The van der Waals surface area contributed by atoms with Gasteiger partial charge in [0.05, 0.1) is 0 Å². The number of hydrogen-bond donors (Lipinski definition) is 1. The van der Waals surface area contributed by atoms with Crippen LogP contribution in [0.2, 0.25) is 0 Å². The lowest BCUT2D eigenvalue weighted by atomic mass is 10.2. The molecule has 0 aromatic heterocycles. The predicted octanol–water partition coefficient (Wildman–Crippen LogP) is 2.06. The van der Waals surface area contributed by atoms with Crippen LogP contribution in [0.25, 0.3) is 0 Å². The van der Waals surface area contributed by atoms with Gasteiger partial charge in [0.15, 0.2) is 0 Å². The summed E-state index contributed by atoms with van der Waals surface area (Å²) in [5.74, 6) is 0.528. The molecule has 0 radical (unpaired) electrons. The summed E-state index contributed by atoms with van der Waals surface area (Å²) in [4.78, 5) is 27.9. The molecule has 1 aliphatic rings. The molecule has 1 aliphatic heterocycles. The fourth-order valence-corrected chi connectivity index (χ4v) is 2.82. The van der Waals surface area contributed by atoms with Crippen molar-refractivity contribution in [1.82, 2.24) is 15.1 Å². The number of nitrogens with one attached hydrogen (secondary N) is 1. The highest BCUT2D eigenvalue weighted by Gasteiger charge is 2.17. The van der Waals surface area contributed by atoms with Gasteiger partial charge in [-0.3, -0.25) is 9.59 Å². The first-order valence-corrected chi connectivity index (χ1v) is 9.38. The van der Waals surface area contributed by atoms with Gasteiger partial charge in [-0.05, 0) is 6.42 Å². The Morgan fingerprint density at radius 1 is 0.870 bits per heavy atom. The molecule has 134 valence electrons. The molecule has 23 heavy (non-hydrogen) atoms. The first kappa shape index (κ1) is 20.1. The molecule has 0 aromatic carbocycles. The van der Waals surface area contributed by atoms with Crippen molar-refractivity contribution in [1.29, 1.82) is 0 Å². The van der Waals surface area contributed by atoms with Gasteiger partial charge < -0.3 is 15.1 Å². The van der Waals surface area contributed by atoms with Crippen LogP contribution < -0.4 is 5.32 Å². The Morgan fingerprint density at radius 3 is 2.04 bits per heavy atom. The minimum atomic E-state index is 0.178. The first-order valence-electron chi connectivity index (χ1n) is 9.38. The van der Waals surface area contributed by atoms with E-state index >= 15 is 0 Å². The number of carbonyl (C=O) groups is 2. The average Bonchev–Trinajstić information content (AvgIpc) is 2.58. The molecule has 1 heterocycles. The SMILES string of the molecule is CCCCCCNC(=O)CCN1CCN(CCC(=O)CC)CC1. The van der Waals surface area contributed by atoms with E-state index < -0.39 is 0 Å². The molecule has 0 spiro atoms. The molecule has 0 bridgehead atoms. The van der Waals surface area contributed by atoms with E-state index in [4.69, 9.17) is 0 Å². The molecule has 1 saturated heterocycles. The molecule has 1 fully saturated rings. The smallest absolute Gasteiger partial charge is 0.221 e. The molecule has 5 nitrogen and oxygen atoms in total. The van der Waals surface area contributed by atoms with Gasteiger partial charge in [0.2, 0.25) is 5.91 Å². The Morgan fingerprint density at radius 2 is 1.48 bits per heavy atom. The molecular formula is C18H35N3O2. The third-order valence-corrected chi connectivity index (χ3v) is 4.57. The Balaban J connectivity index is 2.02. The number of unbranched alkanes of at least 4 members (excludes halogenated alkanes) is 3. The zero-order chi connectivity index (χ0) is 16.9. The lowest BCUT2D eigenvalue weighted by Crippen LogP contribution is -2.47. The second-order valence-electron chi connectivity index (χ2n) is 6.49. The molecular weight excluding hydrogens is 290 g/mol. The van der Waals surface area contributed by atoms with Gasteiger partial charge in [-0.1, -0.05) is 33.1 Å². The zero-order valence-corrected chi connectivity index (χ0v) is 15.1. The average molecular weight is 325 g/mol. The minimum absolute atomic E-state index is 0.178. The van der Waals surface area contributed by atoms with E-state index in [0.717, 1.165) is 52.2 Å². The van der Waals surface area contributed by atoms with Crippen molar-refractivity contribution in [3.05, 3.63) is 0 Å². The second-order valence-corrected chi connectivity index (χ2v) is 6.49. The summed E-state index contributed by atoms with van der Waals surface area (Å²) < 4.78 is 0. The Bertz CT molecular complexity index is 339. The third kappa shape index (κ3) is 9.72. The summed E-state index contributed by atoms with van der Waals surface area (Å²) in [7, 11) is 0. The van der Waals surface area contributed by atoms with Crippen LogP contribution in [0, 0.1) is 0 Å². The van der Waals surface area contributed by atoms with Gasteiger partial charge in [0.25, 0.3) is 0 Å². The number of hydrogen-bond acceptors (Lipinski definition) is 4. The van der Waals surface area contributed by atoms with E-state index in [2.05, 4.69) is 22.0 Å². The number of ketones is 1. The molecule has 0 aliphatic carbocycles. The van der Waals surface area contributed by atoms with Gasteiger partial charge in [-0.15, -0.1) is 0 Å². The van der Waals surface area contributed by atoms with Crippen LogP contribution in [0.15, 0.2) is 0 Å². The van der Waals surface area contributed by atoms with E-state index in [1.165, 1.54) is 19.3 Å². The predicted molar refractivity (Wildman–Crippen MR) is 94.6 cm³/mol. The highest BCUT2D eigenvalue weighted by molar-refractivity contribution is 5.78. The normalized spacial score (nSPS) is 16.4. The molecule has 1 rings (SSSR count). The molecule has 1 N–H and O–H groups in total. The highest BCUT2D eigenvalue weighted by Crippen LogP contribution is 2.04. The molecule has 1 amide bonds. The van der Waals surface area contributed by atoms with Crippen molar-refractivity contribution in [3.63, 3.8) is 0 Å². The van der Waals surface area contributed by atoms with Crippen LogP contribution in [-0.4, -0.2) is 67.3 Å². The van der Waals surface area contributed by atoms with Gasteiger partial charge in [0, 0.05) is 65.1 Å². The van der Waals surface area contributed by atoms with Gasteiger partial charge in [-0.25, -0.2) is 0 Å². The van der Waals surface area contributed by atoms with Crippen LogP contribution in [-0.2, 0) is 9.59 Å². The monoisotopic (exact) mass is 325 g/mol. The Kier molecular flexibility index (Phi) is 10.9. The molecule has 5 heteroatoms. The zero-order valence-electron chi connectivity index (χ0n) is 15.1. The minimum Gasteiger partial charge on any atom is -0.356 e. The second kappa shape index (κ2) is 12.5. The number of carbonyl (C=O) groups excluding carboxylic acids is 2. The van der Waals surface area contributed by atoms with Gasteiger partial charge in [-0.2, -0.15) is 0 Å². The quantitative estimate of drug-likeness (QED) is 0.558. The van der Waals surface area contributed by atoms with E-state index in [-0.39, 0.29) is 5.91 Å². The number of piperazine rings is 1. The van der Waals surface area contributed by atoms with Crippen molar-refractivity contribution in [2.24, 2.45) is 0 Å². The summed E-state index contributed by atoms with van der Waals surface area (Å²) in [6, 6.07) is 0. The first-order chi connectivity index (χ1) is 11.2. The van der Waals surface area contributed by atoms with Crippen molar-refractivity contribution >= 4 is 11.7 Å². The number of Topliss-reactive ketones (excluding diaryl/α,β-unsaturated/α-hetero) is 1. The van der Waals surface area contributed by atoms with Crippen LogP contribution in [0.3, 0.4) is 0 Å². The Labute approximate surface area is 141 Å². The van der Waals surface area contributed by atoms with E-state index in [9.17, 15) is 9.59 Å². The summed E-state index contributed by atoms with van der Waals surface area (Å²) in [5.41, 5.74) is 0. The fourth-order valence-electron chi connectivity index (χ4n) is 2.82. The van der Waals surface area contributed by atoms with Gasteiger partial charge >= 0.3 is 0 Å². The lowest BCUT2D eigenvalue weighted by molar-refractivity contribution is -0.122. The summed E-state index contributed by atoms with van der Waals surface area (Å²) >= 11 is 0. The lowest BCUT2D eigenvalue weighted by Gasteiger charge is -2.34. The van der Waals surface area contributed by atoms with Crippen molar-refractivity contribution < 1.29 is 9.59 Å². The fraction of sp³-hybridized carbons (Fsp3) is 0.889. The maximum Gasteiger partial charge on any atom is 0.221 e. The van der Waals surface area contributed by atoms with Crippen LogP contribution >= 0.6 is 0 Å². The summed E-state index contributed by atoms with van der Waals surface area (Å²) in [6.07, 6.45) is 6.71. The van der Waals surface area contributed by atoms with Crippen molar-refractivity contribution in [3.8, 4) is 0 Å². The van der Waals surface area contributed by atoms with Crippen LogP contribution in [0.5, 0.6) is 0 Å². The molecule has 0 atom stereocenters. The van der Waals surface area contributed by atoms with Crippen molar-refractivity contribution in [2.45, 2.75) is 58.8 Å². The van der Waals surface area contributed by atoms with E-state index in [1.807, 2.05) is 6.92 Å².